The summed E-state index contributed by atoms with van der Waals surface area (Å²) in [5.74, 6) is 6.59. The van der Waals surface area contributed by atoms with Crippen LogP contribution in [0.4, 0.5) is 5.69 Å². The lowest BCUT2D eigenvalue weighted by Crippen LogP contribution is -2.13. The van der Waals surface area contributed by atoms with Gasteiger partial charge in [-0.3, -0.25) is 4.79 Å². The summed E-state index contributed by atoms with van der Waals surface area (Å²) in [6.45, 7) is 2.45. The van der Waals surface area contributed by atoms with Crippen molar-refractivity contribution in [1.29, 1.82) is 0 Å². The highest BCUT2D eigenvalue weighted by Crippen LogP contribution is 2.25. The van der Waals surface area contributed by atoms with Gasteiger partial charge in [0.15, 0.2) is 5.82 Å². The second kappa shape index (κ2) is 8.08. The van der Waals surface area contributed by atoms with Crippen molar-refractivity contribution in [2.45, 2.75) is 19.8 Å². The number of carbonyl (C=O) groups excluding carboxylic acids is 1. The van der Waals surface area contributed by atoms with Crippen LogP contribution in [0.3, 0.4) is 0 Å². The highest BCUT2D eigenvalue weighted by Gasteiger charge is 2.12. The van der Waals surface area contributed by atoms with E-state index in [4.69, 9.17) is 16.0 Å². The van der Waals surface area contributed by atoms with Gasteiger partial charge < -0.3 is 21.3 Å². The average Bonchev–Trinajstić information content (AvgIpc) is 2.97. The molecule has 0 fully saturated rings. The molecular formula is C16H19N5O2. The largest absolute Gasteiger partial charge is 0.334 e. The van der Waals surface area contributed by atoms with E-state index >= 15 is 0 Å². The monoisotopic (exact) mass is 313 g/mol. The molecule has 0 saturated carbocycles. The lowest BCUT2D eigenvalue weighted by Gasteiger charge is -2.07. The van der Waals surface area contributed by atoms with Crippen LogP contribution < -0.4 is 16.8 Å². The fourth-order valence-electron chi connectivity index (χ4n) is 1.95. The van der Waals surface area contributed by atoms with Crippen LogP contribution in [0.25, 0.3) is 11.5 Å². The zero-order valence-corrected chi connectivity index (χ0v) is 12.9. The molecule has 7 heteroatoms. The Balaban J connectivity index is 2.29. The van der Waals surface area contributed by atoms with E-state index < -0.39 is 0 Å². The van der Waals surface area contributed by atoms with Gasteiger partial charge in [0.2, 0.25) is 5.91 Å². The maximum absolute atomic E-state index is 11.8. The third-order valence-corrected chi connectivity index (χ3v) is 2.99. The second-order valence-electron chi connectivity index (χ2n) is 4.85. The summed E-state index contributed by atoms with van der Waals surface area (Å²) in [6, 6.07) is 5.31. The number of nitrogens with two attached hydrogens (primary N) is 2. The van der Waals surface area contributed by atoms with Crippen molar-refractivity contribution >= 4 is 11.6 Å². The fraction of sp³-hybridized carbons (Fsp3) is 0.312. The van der Waals surface area contributed by atoms with Crippen LogP contribution in [0.2, 0.25) is 0 Å². The van der Waals surface area contributed by atoms with Gasteiger partial charge in [0.1, 0.15) is 0 Å². The van der Waals surface area contributed by atoms with Crippen molar-refractivity contribution < 1.29 is 9.32 Å². The summed E-state index contributed by atoms with van der Waals surface area (Å²) in [7, 11) is 0. The zero-order chi connectivity index (χ0) is 16.7. The molecule has 23 heavy (non-hydrogen) atoms. The predicted octanol–water partition coefficient (Wildman–Crippen LogP) is 1.03. The van der Waals surface area contributed by atoms with Gasteiger partial charge in [-0.15, -0.1) is 0 Å². The third kappa shape index (κ3) is 4.64. The molecule has 1 heterocycles. The standard InChI is InChI=1S/C16H19N5O2/c1-11-19-16(23-21-11)14-7-6-13(10-12(14)4-2-8-17)20-15(22)5-3-9-18/h6-7,10H,3,5,8-9,17-18H2,1H3,(H,20,22). The minimum Gasteiger partial charge on any atom is -0.334 e. The van der Waals surface area contributed by atoms with Crippen LogP contribution in [0.15, 0.2) is 22.7 Å². The molecule has 2 rings (SSSR count). The van der Waals surface area contributed by atoms with Crippen molar-refractivity contribution in [2.24, 2.45) is 11.5 Å². The molecule has 0 unspecified atom stereocenters. The third-order valence-electron chi connectivity index (χ3n) is 2.99. The number of nitrogens with zero attached hydrogens (tertiary/aromatic N) is 2. The Morgan fingerprint density at radius 1 is 1.39 bits per heavy atom. The van der Waals surface area contributed by atoms with Crippen molar-refractivity contribution in [3.63, 3.8) is 0 Å². The first kappa shape index (κ1) is 16.7. The number of rotatable bonds is 5. The minimum absolute atomic E-state index is 0.0884. The van der Waals surface area contributed by atoms with E-state index in [9.17, 15) is 4.79 Å². The van der Waals surface area contributed by atoms with E-state index in [0.29, 0.717) is 47.9 Å². The Morgan fingerprint density at radius 3 is 2.87 bits per heavy atom. The highest BCUT2D eigenvalue weighted by atomic mass is 16.5. The summed E-state index contributed by atoms with van der Waals surface area (Å²) < 4.78 is 5.18. The van der Waals surface area contributed by atoms with Crippen LogP contribution in [0, 0.1) is 18.8 Å². The van der Waals surface area contributed by atoms with E-state index in [2.05, 4.69) is 27.3 Å². The van der Waals surface area contributed by atoms with Crippen LogP contribution in [0.5, 0.6) is 0 Å². The smallest absolute Gasteiger partial charge is 0.259 e. The summed E-state index contributed by atoms with van der Waals surface area (Å²) >= 11 is 0. The molecule has 0 bridgehead atoms. The molecule has 0 atom stereocenters. The SMILES string of the molecule is Cc1noc(-c2ccc(NC(=O)CCCN)cc2C#CCN)n1. The van der Waals surface area contributed by atoms with Gasteiger partial charge in [-0.1, -0.05) is 17.0 Å². The summed E-state index contributed by atoms with van der Waals surface area (Å²) in [4.78, 5) is 16.0. The van der Waals surface area contributed by atoms with E-state index in [1.165, 1.54) is 0 Å². The molecular weight excluding hydrogens is 294 g/mol. The maximum atomic E-state index is 11.8. The van der Waals surface area contributed by atoms with Gasteiger partial charge in [-0.05, 0) is 38.1 Å². The first-order valence-electron chi connectivity index (χ1n) is 7.27. The quantitative estimate of drug-likeness (QED) is 0.709. The molecule has 7 nitrogen and oxygen atoms in total. The van der Waals surface area contributed by atoms with Crippen LogP contribution in [-0.4, -0.2) is 29.1 Å². The molecule has 1 aromatic heterocycles. The Bertz CT molecular complexity index is 742. The average molecular weight is 313 g/mol. The van der Waals surface area contributed by atoms with Crippen LogP contribution in [0.1, 0.15) is 24.2 Å². The molecule has 0 aliphatic carbocycles. The lowest BCUT2D eigenvalue weighted by molar-refractivity contribution is -0.116. The Labute approximate surface area is 134 Å². The number of nitrogens with one attached hydrogen (secondary N) is 1. The summed E-state index contributed by atoms with van der Waals surface area (Å²) in [5.41, 5.74) is 12.8. The minimum atomic E-state index is -0.0884. The van der Waals surface area contributed by atoms with Gasteiger partial charge in [-0.25, -0.2) is 0 Å². The number of amides is 1. The molecule has 0 aliphatic heterocycles. The number of aromatic nitrogens is 2. The number of benzene rings is 1. The van der Waals surface area contributed by atoms with E-state index in [-0.39, 0.29) is 12.5 Å². The Kier molecular flexibility index (Phi) is 5.86. The normalized spacial score (nSPS) is 10.0. The number of carbonyl (C=O) groups is 1. The Morgan fingerprint density at radius 2 is 2.22 bits per heavy atom. The van der Waals surface area contributed by atoms with Gasteiger partial charge in [0.05, 0.1) is 12.1 Å². The van der Waals surface area contributed by atoms with Crippen molar-refractivity contribution in [3.8, 4) is 23.3 Å². The van der Waals surface area contributed by atoms with E-state index in [0.717, 1.165) is 0 Å². The topological polar surface area (TPSA) is 120 Å². The molecule has 5 N–H and O–H groups in total. The van der Waals surface area contributed by atoms with Crippen molar-refractivity contribution in [3.05, 3.63) is 29.6 Å². The zero-order valence-electron chi connectivity index (χ0n) is 12.9. The number of hydrogen-bond acceptors (Lipinski definition) is 6. The number of hydrogen-bond donors (Lipinski definition) is 3. The van der Waals surface area contributed by atoms with Crippen molar-refractivity contribution in [1.82, 2.24) is 10.1 Å². The Hall–Kier alpha value is -2.69. The van der Waals surface area contributed by atoms with Crippen LogP contribution in [-0.2, 0) is 4.79 Å². The van der Waals surface area contributed by atoms with Crippen LogP contribution >= 0.6 is 0 Å². The molecule has 1 amide bonds. The lowest BCUT2D eigenvalue weighted by atomic mass is 10.1. The van der Waals surface area contributed by atoms with E-state index in [1.54, 1.807) is 25.1 Å². The molecule has 0 radical (unpaired) electrons. The summed E-state index contributed by atoms with van der Waals surface area (Å²) in [5, 5.41) is 6.60. The first-order chi connectivity index (χ1) is 11.1. The van der Waals surface area contributed by atoms with Gasteiger partial charge in [0, 0.05) is 17.7 Å². The van der Waals surface area contributed by atoms with Crippen molar-refractivity contribution in [2.75, 3.05) is 18.4 Å². The molecule has 0 saturated heterocycles. The van der Waals surface area contributed by atoms with Gasteiger partial charge >= 0.3 is 0 Å². The van der Waals surface area contributed by atoms with Gasteiger partial charge in [0.25, 0.3) is 5.89 Å². The molecule has 0 spiro atoms. The predicted molar refractivity (Wildman–Crippen MR) is 87.3 cm³/mol. The number of aryl methyl sites for hydroxylation is 1. The highest BCUT2D eigenvalue weighted by molar-refractivity contribution is 5.91. The second-order valence-corrected chi connectivity index (χ2v) is 4.85. The number of anilines is 1. The molecule has 120 valence electrons. The molecule has 2 aromatic rings. The maximum Gasteiger partial charge on any atom is 0.259 e. The van der Waals surface area contributed by atoms with E-state index in [1.807, 2.05) is 0 Å². The fourth-order valence-corrected chi connectivity index (χ4v) is 1.95. The molecule has 0 aliphatic rings. The molecule has 1 aromatic carbocycles. The van der Waals surface area contributed by atoms with Gasteiger partial charge in [-0.2, -0.15) is 4.98 Å². The first-order valence-corrected chi connectivity index (χ1v) is 7.27. The summed E-state index contributed by atoms with van der Waals surface area (Å²) in [6.07, 6.45) is 1.02.